The van der Waals surface area contributed by atoms with E-state index in [0.29, 0.717) is 0 Å². The van der Waals surface area contributed by atoms with Crippen molar-refractivity contribution in [3.05, 3.63) is 131 Å². The molecule has 4 aromatic rings. The van der Waals surface area contributed by atoms with Crippen LogP contribution < -0.4 is 4.74 Å². The summed E-state index contributed by atoms with van der Waals surface area (Å²) in [4.78, 5) is 0. The molecular weight excluding hydrogens is 352 g/mol. The number of rotatable bonds is 6. The lowest BCUT2D eigenvalue weighted by atomic mass is 10.1. The molecule has 0 amide bonds. The highest BCUT2D eigenvalue weighted by molar-refractivity contribution is 5.74. The highest BCUT2D eigenvalue weighted by Gasteiger charge is 2.05. The molecule has 0 aliphatic rings. The topological polar surface area (TPSA) is 9.23 Å². The smallest absolute Gasteiger partial charge is 0.134 e. The summed E-state index contributed by atoms with van der Waals surface area (Å²) >= 11 is 0. The van der Waals surface area contributed by atoms with Crippen LogP contribution in [0.4, 0.5) is 0 Å². The van der Waals surface area contributed by atoms with E-state index in [1.54, 1.807) is 0 Å². The van der Waals surface area contributed by atoms with Crippen LogP contribution in [-0.2, 0) is 0 Å². The van der Waals surface area contributed by atoms with Gasteiger partial charge in [0.15, 0.2) is 0 Å². The molecule has 0 fully saturated rings. The number of ether oxygens (including phenoxy) is 1. The van der Waals surface area contributed by atoms with Gasteiger partial charge in [-0.2, -0.15) is 0 Å². The van der Waals surface area contributed by atoms with Gasteiger partial charge in [0.05, 0.1) is 0 Å². The molecule has 0 bridgehead atoms. The number of hydrogen-bond acceptors (Lipinski definition) is 1. The maximum absolute atomic E-state index is 6.31. The molecule has 0 atom stereocenters. The van der Waals surface area contributed by atoms with Crippen molar-refractivity contribution < 1.29 is 4.74 Å². The van der Waals surface area contributed by atoms with Crippen molar-refractivity contribution in [3.8, 4) is 11.5 Å². The largest absolute Gasteiger partial charge is 0.456 e. The van der Waals surface area contributed by atoms with Gasteiger partial charge in [-0.25, -0.2) is 0 Å². The first-order valence-electron chi connectivity index (χ1n) is 9.71. The second-order valence-corrected chi connectivity index (χ2v) is 6.67. The molecule has 0 saturated heterocycles. The van der Waals surface area contributed by atoms with Crippen LogP contribution in [0.1, 0.15) is 22.3 Å². The first kappa shape index (κ1) is 18.5. The van der Waals surface area contributed by atoms with Gasteiger partial charge < -0.3 is 4.74 Å². The van der Waals surface area contributed by atoms with Crippen LogP contribution in [0.2, 0.25) is 0 Å². The lowest BCUT2D eigenvalue weighted by molar-refractivity contribution is 0.480. The minimum absolute atomic E-state index is 0.834. The van der Waals surface area contributed by atoms with Gasteiger partial charge in [0.25, 0.3) is 0 Å². The minimum atomic E-state index is 0.834. The first-order chi connectivity index (χ1) is 14.4. The fraction of sp³-hybridized carbons (Fsp3) is 0. The van der Waals surface area contributed by atoms with Crippen molar-refractivity contribution in [2.24, 2.45) is 0 Å². The van der Waals surface area contributed by atoms with Gasteiger partial charge >= 0.3 is 0 Å². The Hall–Kier alpha value is -3.84. The van der Waals surface area contributed by atoms with E-state index < -0.39 is 0 Å². The fourth-order valence-electron chi connectivity index (χ4n) is 3.04. The van der Waals surface area contributed by atoms with E-state index >= 15 is 0 Å². The monoisotopic (exact) mass is 374 g/mol. The van der Waals surface area contributed by atoms with Crippen molar-refractivity contribution in [2.45, 2.75) is 0 Å². The van der Waals surface area contributed by atoms with Crippen LogP contribution in [0, 0.1) is 0 Å². The average molecular weight is 374 g/mol. The SMILES string of the molecule is C(=C\c1ccccc1Oc1ccccc1/C=C/c1ccccc1)/c1ccccc1. The van der Waals surface area contributed by atoms with Crippen molar-refractivity contribution in [1.82, 2.24) is 0 Å². The summed E-state index contributed by atoms with van der Waals surface area (Å²) in [5, 5.41) is 0. The molecular formula is C28H22O. The van der Waals surface area contributed by atoms with E-state index in [-0.39, 0.29) is 0 Å². The molecule has 0 radical (unpaired) electrons. The van der Waals surface area contributed by atoms with Gasteiger partial charge in [0, 0.05) is 11.1 Å². The first-order valence-corrected chi connectivity index (χ1v) is 9.71. The summed E-state index contributed by atoms with van der Waals surface area (Å²) < 4.78 is 6.31. The lowest BCUT2D eigenvalue weighted by Crippen LogP contribution is -1.89. The molecule has 0 saturated carbocycles. The van der Waals surface area contributed by atoms with Gasteiger partial charge in [0.2, 0.25) is 0 Å². The number of benzene rings is 4. The van der Waals surface area contributed by atoms with Gasteiger partial charge in [-0.1, -0.05) is 121 Å². The van der Waals surface area contributed by atoms with Crippen LogP contribution >= 0.6 is 0 Å². The van der Waals surface area contributed by atoms with Crippen LogP contribution in [0.5, 0.6) is 11.5 Å². The van der Waals surface area contributed by atoms with Gasteiger partial charge in [0.1, 0.15) is 11.5 Å². The minimum Gasteiger partial charge on any atom is -0.456 e. The Balaban J connectivity index is 1.59. The highest BCUT2D eigenvalue weighted by Crippen LogP contribution is 2.30. The van der Waals surface area contributed by atoms with E-state index in [1.807, 2.05) is 72.8 Å². The van der Waals surface area contributed by atoms with Gasteiger partial charge in [-0.05, 0) is 23.3 Å². The highest BCUT2D eigenvalue weighted by atomic mass is 16.5. The summed E-state index contributed by atoms with van der Waals surface area (Å²) in [5.74, 6) is 1.67. The molecule has 1 heteroatoms. The van der Waals surface area contributed by atoms with Gasteiger partial charge in [-0.3, -0.25) is 0 Å². The van der Waals surface area contributed by atoms with Crippen LogP contribution in [0.3, 0.4) is 0 Å². The van der Waals surface area contributed by atoms with E-state index in [2.05, 4.69) is 60.7 Å². The Morgan fingerprint density at radius 3 is 1.21 bits per heavy atom. The molecule has 29 heavy (non-hydrogen) atoms. The Labute approximate surface area is 172 Å². The van der Waals surface area contributed by atoms with Crippen molar-refractivity contribution in [3.63, 3.8) is 0 Å². The maximum Gasteiger partial charge on any atom is 0.134 e. The van der Waals surface area contributed by atoms with Crippen LogP contribution in [0.25, 0.3) is 24.3 Å². The fourth-order valence-corrected chi connectivity index (χ4v) is 3.04. The molecule has 0 heterocycles. The number of para-hydroxylation sites is 2. The third-order valence-corrected chi connectivity index (χ3v) is 4.57. The zero-order chi connectivity index (χ0) is 19.7. The zero-order valence-electron chi connectivity index (χ0n) is 16.1. The van der Waals surface area contributed by atoms with E-state index in [9.17, 15) is 0 Å². The molecule has 0 aliphatic heterocycles. The Kier molecular flexibility index (Phi) is 5.99. The van der Waals surface area contributed by atoms with E-state index in [0.717, 1.165) is 33.8 Å². The van der Waals surface area contributed by atoms with E-state index in [1.165, 1.54) is 0 Å². The second kappa shape index (κ2) is 9.38. The van der Waals surface area contributed by atoms with Crippen LogP contribution in [-0.4, -0.2) is 0 Å². The van der Waals surface area contributed by atoms with Crippen molar-refractivity contribution >= 4 is 24.3 Å². The average Bonchev–Trinajstić information content (AvgIpc) is 2.79. The third-order valence-electron chi connectivity index (χ3n) is 4.57. The van der Waals surface area contributed by atoms with Crippen molar-refractivity contribution in [1.29, 1.82) is 0 Å². The summed E-state index contributed by atoms with van der Waals surface area (Å²) in [6, 6.07) is 36.7. The standard InChI is InChI=1S/C28H22O/c1-3-11-23(12-4-1)19-21-25-15-7-9-17-27(25)29-28-18-10-8-16-26(28)22-20-24-13-5-2-6-14-24/h1-22H/b21-19+,22-20+. The lowest BCUT2D eigenvalue weighted by Gasteiger charge is -2.11. The summed E-state index contributed by atoms with van der Waals surface area (Å²) in [6.45, 7) is 0. The second-order valence-electron chi connectivity index (χ2n) is 6.67. The Bertz CT molecular complexity index is 1020. The molecule has 0 aromatic heterocycles. The molecule has 0 spiro atoms. The summed E-state index contributed by atoms with van der Waals surface area (Å²) in [6.07, 6.45) is 8.38. The summed E-state index contributed by atoms with van der Waals surface area (Å²) in [5.41, 5.74) is 4.40. The molecule has 4 aromatic carbocycles. The molecule has 140 valence electrons. The van der Waals surface area contributed by atoms with Crippen LogP contribution in [0.15, 0.2) is 109 Å². The zero-order valence-corrected chi connectivity index (χ0v) is 16.1. The third kappa shape index (κ3) is 5.12. The number of hydrogen-bond donors (Lipinski definition) is 0. The van der Waals surface area contributed by atoms with E-state index in [4.69, 9.17) is 4.74 Å². The Morgan fingerprint density at radius 2 is 0.759 bits per heavy atom. The molecule has 1 nitrogen and oxygen atoms in total. The summed E-state index contributed by atoms with van der Waals surface area (Å²) in [7, 11) is 0. The Morgan fingerprint density at radius 1 is 0.379 bits per heavy atom. The maximum atomic E-state index is 6.31. The molecule has 0 unspecified atom stereocenters. The van der Waals surface area contributed by atoms with Crippen molar-refractivity contribution in [2.75, 3.05) is 0 Å². The molecule has 0 N–H and O–H groups in total. The normalized spacial score (nSPS) is 11.2. The molecule has 0 aliphatic carbocycles. The molecule has 4 rings (SSSR count). The predicted octanol–water partition coefficient (Wildman–Crippen LogP) is 7.82. The predicted molar refractivity (Wildman–Crippen MR) is 124 cm³/mol. The quantitative estimate of drug-likeness (QED) is 0.313. The van der Waals surface area contributed by atoms with Gasteiger partial charge in [-0.15, -0.1) is 0 Å².